The summed E-state index contributed by atoms with van der Waals surface area (Å²) in [6, 6.07) is 8.11. The van der Waals surface area contributed by atoms with Gasteiger partial charge in [0.1, 0.15) is 5.82 Å². The highest BCUT2D eigenvalue weighted by Crippen LogP contribution is 2.30. The molecule has 9 heteroatoms. The summed E-state index contributed by atoms with van der Waals surface area (Å²) in [4.78, 5) is 12.4. The van der Waals surface area contributed by atoms with Crippen LogP contribution in [0.5, 0.6) is 0 Å². The van der Waals surface area contributed by atoms with E-state index in [0.717, 1.165) is 24.3 Å². The van der Waals surface area contributed by atoms with Crippen molar-refractivity contribution in [2.24, 2.45) is 0 Å². The summed E-state index contributed by atoms with van der Waals surface area (Å²) >= 11 is 5.88. The lowest BCUT2D eigenvalue weighted by molar-refractivity contribution is -0.137. The number of nitrogens with one attached hydrogen (secondary N) is 1. The van der Waals surface area contributed by atoms with Gasteiger partial charge in [0.15, 0.2) is 0 Å². The number of hydrogen-bond donors (Lipinski definition) is 1. The number of carbonyl (C=O) groups excluding carboxylic acids is 1. The number of nitrogens with zero attached hydrogens (tertiary/aromatic N) is 2. The largest absolute Gasteiger partial charge is 0.416 e. The Morgan fingerprint density at radius 2 is 1.93 bits per heavy atom. The van der Waals surface area contributed by atoms with E-state index in [2.05, 4.69) is 10.4 Å². The van der Waals surface area contributed by atoms with Crippen molar-refractivity contribution in [1.82, 2.24) is 9.78 Å². The van der Waals surface area contributed by atoms with Crippen molar-refractivity contribution in [3.8, 4) is 5.69 Å². The van der Waals surface area contributed by atoms with E-state index in [1.807, 2.05) is 0 Å². The molecule has 3 aromatic rings. The minimum absolute atomic E-state index is 0.0197. The van der Waals surface area contributed by atoms with Crippen LogP contribution in [0.15, 0.2) is 48.7 Å². The van der Waals surface area contributed by atoms with Crippen LogP contribution in [-0.4, -0.2) is 15.7 Å². The first-order chi connectivity index (χ1) is 12.7. The quantitative estimate of drug-likeness (QED) is 0.614. The van der Waals surface area contributed by atoms with E-state index in [9.17, 15) is 22.4 Å². The number of anilines is 1. The zero-order valence-corrected chi connectivity index (χ0v) is 14.6. The fraction of sp³-hybridized carbons (Fsp3) is 0.111. The summed E-state index contributed by atoms with van der Waals surface area (Å²) in [5.41, 5.74) is 0.0346. The molecule has 0 bridgehead atoms. The second kappa shape index (κ2) is 7.03. The minimum Gasteiger partial charge on any atom is -0.321 e. The number of benzene rings is 2. The lowest BCUT2D eigenvalue weighted by atomic mass is 10.2. The third-order valence-corrected chi connectivity index (χ3v) is 4.16. The Labute approximate surface area is 156 Å². The zero-order valence-electron chi connectivity index (χ0n) is 13.8. The Morgan fingerprint density at radius 1 is 1.19 bits per heavy atom. The molecule has 0 unspecified atom stereocenters. The second-order valence-corrected chi connectivity index (χ2v) is 6.09. The summed E-state index contributed by atoms with van der Waals surface area (Å²) in [6.45, 7) is 1.55. The number of amides is 1. The average Bonchev–Trinajstić information content (AvgIpc) is 2.98. The molecule has 1 amide bonds. The van der Waals surface area contributed by atoms with Crippen LogP contribution in [0.1, 0.15) is 21.6 Å². The van der Waals surface area contributed by atoms with E-state index in [4.69, 9.17) is 11.6 Å². The Morgan fingerprint density at radius 3 is 2.59 bits per heavy atom. The lowest BCUT2D eigenvalue weighted by Gasteiger charge is -2.10. The molecule has 0 aliphatic rings. The highest BCUT2D eigenvalue weighted by Gasteiger charge is 2.30. The smallest absolute Gasteiger partial charge is 0.321 e. The van der Waals surface area contributed by atoms with Crippen molar-refractivity contribution in [2.45, 2.75) is 13.1 Å². The molecule has 3 rings (SSSR count). The van der Waals surface area contributed by atoms with E-state index in [1.54, 1.807) is 6.92 Å². The molecule has 0 saturated carbocycles. The van der Waals surface area contributed by atoms with Crippen molar-refractivity contribution < 1.29 is 22.4 Å². The maximum Gasteiger partial charge on any atom is 0.416 e. The van der Waals surface area contributed by atoms with Crippen LogP contribution in [0.4, 0.5) is 23.2 Å². The maximum atomic E-state index is 13.1. The number of hydrogen-bond acceptors (Lipinski definition) is 2. The van der Waals surface area contributed by atoms with E-state index >= 15 is 0 Å². The van der Waals surface area contributed by atoms with Gasteiger partial charge in [0.2, 0.25) is 0 Å². The summed E-state index contributed by atoms with van der Waals surface area (Å²) in [5, 5.41) is 6.55. The minimum atomic E-state index is -4.49. The van der Waals surface area contributed by atoms with Crippen LogP contribution in [0.25, 0.3) is 5.69 Å². The Balaban J connectivity index is 1.90. The van der Waals surface area contributed by atoms with Crippen LogP contribution >= 0.6 is 11.6 Å². The van der Waals surface area contributed by atoms with Gasteiger partial charge in [-0.05, 0) is 43.3 Å². The molecule has 0 aliphatic heterocycles. The van der Waals surface area contributed by atoms with Gasteiger partial charge in [-0.15, -0.1) is 0 Å². The topological polar surface area (TPSA) is 46.9 Å². The molecule has 0 fully saturated rings. The predicted octanol–water partition coefficient (Wildman–Crippen LogP) is 5.24. The van der Waals surface area contributed by atoms with Crippen molar-refractivity contribution in [3.63, 3.8) is 0 Å². The summed E-state index contributed by atoms with van der Waals surface area (Å²) < 4.78 is 53.0. The van der Waals surface area contributed by atoms with Gasteiger partial charge in [-0.2, -0.15) is 18.3 Å². The molecule has 0 saturated heterocycles. The first-order valence-electron chi connectivity index (χ1n) is 7.65. The van der Waals surface area contributed by atoms with Gasteiger partial charge < -0.3 is 5.32 Å². The molecular formula is C18H12ClF4N3O. The number of halogens is 5. The summed E-state index contributed by atoms with van der Waals surface area (Å²) in [5.74, 6) is -1.12. The molecule has 1 N–H and O–H groups in total. The first kappa shape index (κ1) is 18.9. The molecule has 4 nitrogen and oxygen atoms in total. The van der Waals surface area contributed by atoms with Crippen LogP contribution in [-0.2, 0) is 6.18 Å². The molecule has 0 aliphatic carbocycles. The number of aromatic nitrogens is 2. The predicted molar refractivity (Wildman–Crippen MR) is 92.7 cm³/mol. The summed E-state index contributed by atoms with van der Waals surface area (Å²) in [7, 11) is 0. The van der Waals surface area contributed by atoms with Crippen molar-refractivity contribution in [1.29, 1.82) is 0 Å². The third kappa shape index (κ3) is 3.95. The zero-order chi connectivity index (χ0) is 19.8. The van der Waals surface area contributed by atoms with Gasteiger partial charge in [0, 0.05) is 0 Å². The van der Waals surface area contributed by atoms with Crippen molar-refractivity contribution >= 4 is 23.2 Å². The van der Waals surface area contributed by atoms with Gasteiger partial charge in [0.05, 0.1) is 39.4 Å². The third-order valence-electron chi connectivity index (χ3n) is 3.85. The normalized spacial score (nSPS) is 11.5. The Hall–Kier alpha value is -2.87. The van der Waals surface area contributed by atoms with Gasteiger partial charge >= 0.3 is 6.18 Å². The first-order valence-corrected chi connectivity index (χ1v) is 8.03. The SMILES string of the molecule is Cc1c(C(=O)Nc2ccc(F)cc2Cl)cnn1-c1cccc(C(F)(F)F)c1. The van der Waals surface area contributed by atoms with Crippen LogP contribution < -0.4 is 5.32 Å². The van der Waals surface area contributed by atoms with E-state index in [0.29, 0.717) is 5.69 Å². The molecule has 0 atom stereocenters. The second-order valence-electron chi connectivity index (χ2n) is 5.68. The fourth-order valence-electron chi connectivity index (χ4n) is 2.49. The van der Waals surface area contributed by atoms with Gasteiger partial charge in [-0.1, -0.05) is 17.7 Å². The molecule has 1 heterocycles. The van der Waals surface area contributed by atoms with Gasteiger partial charge in [-0.3, -0.25) is 4.79 Å². The Kier molecular flexibility index (Phi) is 4.93. The fourth-order valence-corrected chi connectivity index (χ4v) is 2.70. The molecule has 2 aromatic carbocycles. The molecule has 140 valence electrons. The highest BCUT2D eigenvalue weighted by molar-refractivity contribution is 6.33. The van der Waals surface area contributed by atoms with Crippen LogP contribution in [0.2, 0.25) is 5.02 Å². The number of alkyl halides is 3. The number of rotatable bonds is 3. The molecule has 0 spiro atoms. The van der Waals surface area contributed by atoms with Crippen LogP contribution in [0, 0.1) is 12.7 Å². The van der Waals surface area contributed by atoms with E-state index in [-0.39, 0.29) is 22.0 Å². The number of carbonyl (C=O) groups is 1. The summed E-state index contributed by atoms with van der Waals surface area (Å²) in [6.07, 6.45) is -3.25. The maximum absolute atomic E-state index is 13.1. The monoisotopic (exact) mass is 397 g/mol. The van der Waals surface area contributed by atoms with E-state index < -0.39 is 23.5 Å². The molecule has 27 heavy (non-hydrogen) atoms. The van der Waals surface area contributed by atoms with Crippen molar-refractivity contribution in [2.75, 3.05) is 5.32 Å². The molecule has 1 aromatic heterocycles. The lowest BCUT2D eigenvalue weighted by Crippen LogP contribution is -2.13. The van der Waals surface area contributed by atoms with E-state index in [1.165, 1.54) is 29.1 Å². The van der Waals surface area contributed by atoms with Gasteiger partial charge in [0.25, 0.3) is 5.91 Å². The Bertz CT molecular complexity index is 1010. The van der Waals surface area contributed by atoms with Crippen LogP contribution in [0.3, 0.4) is 0 Å². The van der Waals surface area contributed by atoms with Crippen molar-refractivity contribution in [3.05, 3.63) is 76.3 Å². The standard InChI is InChI=1S/C18H12ClF4N3O/c1-10-14(17(27)25-16-6-5-12(20)8-15(16)19)9-24-26(10)13-4-2-3-11(7-13)18(21,22)23/h2-9H,1H3,(H,25,27). The average molecular weight is 398 g/mol. The molecule has 0 radical (unpaired) electrons. The highest BCUT2D eigenvalue weighted by atomic mass is 35.5. The molecular weight excluding hydrogens is 386 g/mol. The van der Waals surface area contributed by atoms with Gasteiger partial charge in [-0.25, -0.2) is 9.07 Å².